The van der Waals surface area contributed by atoms with Crippen LogP contribution in [-0.2, 0) is 27.7 Å². The molecule has 0 aromatic carbocycles. The zero-order chi connectivity index (χ0) is 19.9. The first-order valence-electron chi connectivity index (χ1n) is 9.69. The van der Waals surface area contributed by atoms with E-state index in [2.05, 4.69) is 17.2 Å². The standard InChI is InChI=1S/C19H25N3O3S3/c1-12-5-7-15-16(10-12)27-19(20-15)21-18(23)14-4-3-9-22(11-14)28(24,25)17-8-6-13(2)26-17/h6,8,12,14H,3-5,7,9-11H2,1-2H3,(H,20,21,23)/t12-,14+/m0/s1. The molecule has 2 atom stereocenters. The second-order valence-electron chi connectivity index (χ2n) is 7.79. The Kier molecular flexibility index (Phi) is 5.61. The molecule has 0 radical (unpaired) electrons. The molecule has 4 rings (SSSR count). The van der Waals surface area contributed by atoms with Crippen LogP contribution in [-0.4, -0.2) is 36.7 Å². The van der Waals surface area contributed by atoms with Crippen molar-refractivity contribution in [3.8, 4) is 0 Å². The predicted molar refractivity (Wildman–Crippen MR) is 112 cm³/mol. The summed E-state index contributed by atoms with van der Waals surface area (Å²) in [6.45, 7) is 4.83. The fourth-order valence-electron chi connectivity index (χ4n) is 3.85. The van der Waals surface area contributed by atoms with Crippen molar-refractivity contribution in [1.29, 1.82) is 0 Å². The van der Waals surface area contributed by atoms with Crippen molar-refractivity contribution in [3.05, 3.63) is 27.6 Å². The number of fused-ring (bicyclic) bond motifs is 1. The number of aromatic nitrogens is 1. The van der Waals surface area contributed by atoms with E-state index in [1.807, 2.05) is 13.0 Å². The van der Waals surface area contributed by atoms with E-state index in [-0.39, 0.29) is 18.4 Å². The molecule has 0 bridgehead atoms. The first-order valence-corrected chi connectivity index (χ1v) is 12.8. The highest BCUT2D eigenvalue weighted by molar-refractivity contribution is 7.91. The normalized spacial score (nSPS) is 23.4. The Morgan fingerprint density at radius 3 is 2.86 bits per heavy atom. The Morgan fingerprint density at radius 2 is 2.11 bits per heavy atom. The molecule has 0 spiro atoms. The SMILES string of the molecule is Cc1ccc(S(=O)(=O)N2CCC[C@@H](C(=O)Nc3nc4c(s3)C[C@@H](C)CC4)C2)s1. The minimum atomic E-state index is -3.53. The lowest BCUT2D eigenvalue weighted by Crippen LogP contribution is -2.43. The molecule has 2 aromatic rings. The number of nitrogens with one attached hydrogen (secondary N) is 1. The maximum absolute atomic E-state index is 12.9. The molecule has 0 unspecified atom stereocenters. The summed E-state index contributed by atoms with van der Waals surface area (Å²) in [6, 6.07) is 3.47. The van der Waals surface area contributed by atoms with Crippen LogP contribution in [0.4, 0.5) is 5.13 Å². The number of sulfonamides is 1. The highest BCUT2D eigenvalue weighted by Gasteiger charge is 2.34. The van der Waals surface area contributed by atoms with E-state index in [0.29, 0.717) is 34.6 Å². The van der Waals surface area contributed by atoms with Gasteiger partial charge in [-0.15, -0.1) is 22.7 Å². The number of carbonyl (C=O) groups is 1. The van der Waals surface area contributed by atoms with E-state index < -0.39 is 10.0 Å². The van der Waals surface area contributed by atoms with Crippen LogP contribution in [0.3, 0.4) is 0 Å². The molecule has 1 fully saturated rings. The fraction of sp³-hybridized carbons (Fsp3) is 0.579. The summed E-state index contributed by atoms with van der Waals surface area (Å²) >= 11 is 2.84. The smallest absolute Gasteiger partial charge is 0.252 e. The van der Waals surface area contributed by atoms with Crippen molar-refractivity contribution in [1.82, 2.24) is 9.29 Å². The Bertz CT molecular complexity index is 980. The van der Waals surface area contributed by atoms with Gasteiger partial charge >= 0.3 is 0 Å². The summed E-state index contributed by atoms with van der Waals surface area (Å²) < 4.78 is 27.6. The summed E-state index contributed by atoms with van der Waals surface area (Å²) in [5, 5.41) is 3.60. The number of anilines is 1. The highest BCUT2D eigenvalue weighted by Crippen LogP contribution is 2.33. The van der Waals surface area contributed by atoms with Gasteiger partial charge in [-0.3, -0.25) is 4.79 Å². The molecule has 152 valence electrons. The minimum Gasteiger partial charge on any atom is -0.302 e. The second-order valence-corrected chi connectivity index (χ2v) is 12.3. The summed E-state index contributed by atoms with van der Waals surface area (Å²) in [6.07, 6.45) is 4.52. The van der Waals surface area contributed by atoms with E-state index in [1.165, 1.54) is 20.5 Å². The number of thiophene rings is 1. The number of hydrogen-bond donors (Lipinski definition) is 1. The summed E-state index contributed by atoms with van der Waals surface area (Å²) in [5.41, 5.74) is 1.11. The number of amides is 1. The van der Waals surface area contributed by atoms with Crippen LogP contribution in [0.5, 0.6) is 0 Å². The maximum atomic E-state index is 12.9. The van der Waals surface area contributed by atoms with Gasteiger partial charge in [-0.25, -0.2) is 13.4 Å². The Balaban J connectivity index is 1.44. The Morgan fingerprint density at radius 1 is 1.29 bits per heavy atom. The molecule has 1 saturated heterocycles. The van der Waals surface area contributed by atoms with E-state index in [9.17, 15) is 13.2 Å². The van der Waals surface area contributed by atoms with Gasteiger partial charge in [0.05, 0.1) is 11.6 Å². The Hall–Kier alpha value is -1.29. The van der Waals surface area contributed by atoms with Crippen molar-refractivity contribution in [3.63, 3.8) is 0 Å². The number of rotatable bonds is 4. The maximum Gasteiger partial charge on any atom is 0.252 e. The molecular formula is C19H25N3O3S3. The van der Waals surface area contributed by atoms with E-state index in [1.54, 1.807) is 17.4 Å². The van der Waals surface area contributed by atoms with Gasteiger partial charge in [0.25, 0.3) is 10.0 Å². The van der Waals surface area contributed by atoms with Gasteiger partial charge in [0, 0.05) is 22.8 Å². The average molecular weight is 440 g/mol. The van der Waals surface area contributed by atoms with Gasteiger partial charge in [-0.05, 0) is 57.1 Å². The summed E-state index contributed by atoms with van der Waals surface area (Å²) in [7, 11) is -3.53. The second kappa shape index (κ2) is 7.85. The van der Waals surface area contributed by atoms with Crippen LogP contribution < -0.4 is 5.32 Å². The monoisotopic (exact) mass is 439 g/mol. The van der Waals surface area contributed by atoms with Crippen molar-refractivity contribution < 1.29 is 13.2 Å². The number of thiazole rings is 1. The molecule has 1 aliphatic heterocycles. The molecule has 3 heterocycles. The van der Waals surface area contributed by atoms with E-state index >= 15 is 0 Å². The van der Waals surface area contributed by atoms with Crippen LogP contribution in [0.2, 0.25) is 0 Å². The Labute approximate surface area is 174 Å². The molecule has 9 heteroatoms. The molecular weight excluding hydrogens is 414 g/mol. The van der Waals surface area contributed by atoms with Gasteiger partial charge in [0.15, 0.2) is 5.13 Å². The molecule has 2 aliphatic rings. The predicted octanol–water partition coefficient (Wildman–Crippen LogP) is 3.68. The van der Waals surface area contributed by atoms with E-state index in [4.69, 9.17) is 0 Å². The van der Waals surface area contributed by atoms with Gasteiger partial charge < -0.3 is 5.32 Å². The topological polar surface area (TPSA) is 79.4 Å². The van der Waals surface area contributed by atoms with Crippen molar-refractivity contribution in [2.45, 2.75) is 50.2 Å². The molecule has 0 saturated carbocycles. The summed E-state index contributed by atoms with van der Waals surface area (Å²) in [5.74, 6) is 0.195. The van der Waals surface area contributed by atoms with Crippen LogP contribution in [0.25, 0.3) is 0 Å². The molecule has 1 amide bonds. The van der Waals surface area contributed by atoms with Crippen LogP contribution in [0.1, 0.15) is 41.6 Å². The third kappa shape index (κ3) is 4.03. The van der Waals surface area contributed by atoms with Gasteiger partial charge in [0.2, 0.25) is 5.91 Å². The molecule has 2 aromatic heterocycles. The van der Waals surface area contributed by atoms with Crippen LogP contribution in [0.15, 0.2) is 16.3 Å². The number of piperidine rings is 1. The molecule has 6 nitrogen and oxygen atoms in total. The zero-order valence-electron chi connectivity index (χ0n) is 16.1. The lowest BCUT2D eigenvalue weighted by Gasteiger charge is -2.30. The lowest BCUT2D eigenvalue weighted by atomic mass is 9.93. The van der Waals surface area contributed by atoms with Crippen molar-refractivity contribution in [2.24, 2.45) is 11.8 Å². The molecule has 1 aliphatic carbocycles. The van der Waals surface area contributed by atoms with Crippen LogP contribution >= 0.6 is 22.7 Å². The lowest BCUT2D eigenvalue weighted by molar-refractivity contribution is -0.120. The number of carbonyl (C=O) groups excluding carboxylic acids is 1. The largest absolute Gasteiger partial charge is 0.302 e. The number of aryl methyl sites for hydroxylation is 2. The van der Waals surface area contributed by atoms with Crippen LogP contribution in [0, 0.1) is 18.8 Å². The van der Waals surface area contributed by atoms with Gasteiger partial charge in [-0.2, -0.15) is 4.31 Å². The molecule has 1 N–H and O–H groups in total. The number of nitrogens with zero attached hydrogens (tertiary/aromatic N) is 2. The first kappa shape index (κ1) is 20.0. The molecule has 28 heavy (non-hydrogen) atoms. The third-order valence-electron chi connectivity index (χ3n) is 5.48. The third-order valence-corrected chi connectivity index (χ3v) is 9.85. The van der Waals surface area contributed by atoms with E-state index in [0.717, 1.165) is 29.8 Å². The first-order chi connectivity index (χ1) is 13.3. The fourth-order valence-corrected chi connectivity index (χ4v) is 7.99. The zero-order valence-corrected chi connectivity index (χ0v) is 18.6. The summed E-state index contributed by atoms with van der Waals surface area (Å²) in [4.78, 5) is 19.6. The average Bonchev–Trinajstić information content (AvgIpc) is 3.27. The van der Waals surface area contributed by atoms with Crippen molar-refractivity contribution >= 4 is 43.7 Å². The van der Waals surface area contributed by atoms with Gasteiger partial charge in [0.1, 0.15) is 4.21 Å². The quantitative estimate of drug-likeness (QED) is 0.788. The highest BCUT2D eigenvalue weighted by atomic mass is 32.2. The van der Waals surface area contributed by atoms with Gasteiger partial charge in [-0.1, -0.05) is 6.92 Å². The van der Waals surface area contributed by atoms with Crippen molar-refractivity contribution in [2.75, 3.05) is 18.4 Å². The number of hydrogen-bond acceptors (Lipinski definition) is 6. The minimum absolute atomic E-state index is 0.124.